The molecule has 0 saturated carbocycles. The predicted octanol–water partition coefficient (Wildman–Crippen LogP) is 2.25. The summed E-state index contributed by atoms with van der Waals surface area (Å²) >= 11 is 0. The summed E-state index contributed by atoms with van der Waals surface area (Å²) in [6, 6.07) is -0.0397. The number of ether oxygens (including phenoxy) is 1. The first kappa shape index (κ1) is 16.8. The third kappa shape index (κ3) is 4.22. The van der Waals surface area contributed by atoms with Crippen molar-refractivity contribution >= 4 is 6.03 Å². The Hall–Kier alpha value is -1.56. The Labute approximate surface area is 132 Å². The van der Waals surface area contributed by atoms with Crippen LogP contribution >= 0.6 is 0 Å². The first-order valence-corrected chi connectivity index (χ1v) is 8.10. The lowest BCUT2D eigenvalue weighted by atomic mass is 10.0. The van der Waals surface area contributed by atoms with Gasteiger partial charge < -0.3 is 19.5 Å². The molecule has 0 aliphatic carbocycles. The molecule has 0 bridgehead atoms. The van der Waals surface area contributed by atoms with Crippen molar-refractivity contribution in [2.75, 3.05) is 19.7 Å². The molecule has 1 fully saturated rings. The quantitative estimate of drug-likeness (QED) is 0.907. The number of hydrogen-bond acceptors (Lipinski definition) is 3. The highest BCUT2D eigenvalue weighted by atomic mass is 16.5. The standard InChI is InChI=1S/C16H28N4O2/c1-5-16(4)12-20(8-9-22-16)15(21)18-10-14-17-6-7-19(14)11-13(2)3/h6-7,13H,5,8-12H2,1-4H3,(H,18,21)/t16-/m1/s1. The Morgan fingerprint density at radius 1 is 1.55 bits per heavy atom. The molecule has 2 amide bonds. The fourth-order valence-corrected chi connectivity index (χ4v) is 2.65. The topological polar surface area (TPSA) is 59.4 Å². The first-order valence-electron chi connectivity index (χ1n) is 8.10. The molecule has 124 valence electrons. The van der Waals surface area contributed by atoms with Crippen molar-refractivity contribution in [2.24, 2.45) is 5.92 Å². The molecule has 0 aromatic carbocycles. The van der Waals surface area contributed by atoms with Gasteiger partial charge >= 0.3 is 6.03 Å². The summed E-state index contributed by atoms with van der Waals surface area (Å²) in [6.45, 7) is 11.7. The molecule has 1 aromatic rings. The van der Waals surface area contributed by atoms with Crippen LogP contribution in [0.15, 0.2) is 12.4 Å². The van der Waals surface area contributed by atoms with Crippen LogP contribution < -0.4 is 5.32 Å². The number of rotatable bonds is 5. The van der Waals surface area contributed by atoms with Gasteiger partial charge in [0.25, 0.3) is 0 Å². The molecule has 1 saturated heterocycles. The van der Waals surface area contributed by atoms with Crippen LogP contribution in [0.5, 0.6) is 0 Å². The Balaban J connectivity index is 1.89. The third-order valence-electron chi connectivity index (χ3n) is 4.13. The molecule has 1 aliphatic heterocycles. The largest absolute Gasteiger partial charge is 0.372 e. The molecule has 2 rings (SSSR count). The second kappa shape index (κ2) is 7.13. The van der Waals surface area contributed by atoms with Gasteiger partial charge in [-0.1, -0.05) is 20.8 Å². The molecule has 1 N–H and O–H groups in total. The van der Waals surface area contributed by atoms with E-state index in [1.807, 2.05) is 11.1 Å². The van der Waals surface area contributed by atoms with E-state index in [0.29, 0.717) is 32.2 Å². The smallest absolute Gasteiger partial charge is 0.317 e. The van der Waals surface area contributed by atoms with Crippen LogP contribution in [0.4, 0.5) is 4.79 Å². The van der Waals surface area contributed by atoms with E-state index in [0.717, 1.165) is 18.8 Å². The van der Waals surface area contributed by atoms with E-state index in [1.165, 1.54) is 0 Å². The first-order chi connectivity index (χ1) is 10.4. The summed E-state index contributed by atoms with van der Waals surface area (Å²) in [5, 5.41) is 2.98. The number of amides is 2. The zero-order chi connectivity index (χ0) is 16.2. The number of morpholine rings is 1. The van der Waals surface area contributed by atoms with E-state index < -0.39 is 0 Å². The molecule has 1 aromatic heterocycles. The number of aromatic nitrogens is 2. The molecule has 6 heteroatoms. The molecule has 6 nitrogen and oxygen atoms in total. The molecule has 0 unspecified atom stereocenters. The lowest BCUT2D eigenvalue weighted by Gasteiger charge is -2.39. The van der Waals surface area contributed by atoms with E-state index >= 15 is 0 Å². The maximum Gasteiger partial charge on any atom is 0.317 e. The minimum atomic E-state index is -0.230. The second-order valence-electron chi connectivity index (χ2n) is 6.62. The molecule has 0 spiro atoms. The third-order valence-corrected chi connectivity index (χ3v) is 4.13. The van der Waals surface area contributed by atoms with Gasteiger partial charge in [-0.25, -0.2) is 9.78 Å². The van der Waals surface area contributed by atoms with Crippen LogP contribution in [-0.2, 0) is 17.8 Å². The van der Waals surface area contributed by atoms with Crippen LogP contribution in [0, 0.1) is 5.92 Å². The van der Waals surface area contributed by atoms with Crippen molar-refractivity contribution in [3.63, 3.8) is 0 Å². The highest BCUT2D eigenvalue weighted by Gasteiger charge is 2.32. The number of hydrogen-bond donors (Lipinski definition) is 1. The monoisotopic (exact) mass is 308 g/mol. The molecule has 0 radical (unpaired) electrons. The van der Waals surface area contributed by atoms with Crippen molar-refractivity contribution in [1.82, 2.24) is 19.8 Å². The van der Waals surface area contributed by atoms with E-state index in [1.54, 1.807) is 6.20 Å². The van der Waals surface area contributed by atoms with Crippen LogP contribution in [0.25, 0.3) is 0 Å². The fraction of sp³-hybridized carbons (Fsp3) is 0.750. The van der Waals surface area contributed by atoms with Crippen LogP contribution in [-0.4, -0.2) is 45.8 Å². The highest BCUT2D eigenvalue weighted by molar-refractivity contribution is 5.74. The van der Waals surface area contributed by atoms with Gasteiger partial charge in [0.15, 0.2) is 0 Å². The summed E-state index contributed by atoms with van der Waals surface area (Å²) in [5.74, 6) is 1.45. The number of urea groups is 1. The zero-order valence-corrected chi connectivity index (χ0v) is 14.1. The summed E-state index contributed by atoms with van der Waals surface area (Å²) in [5.41, 5.74) is -0.230. The number of nitrogens with one attached hydrogen (secondary N) is 1. The second-order valence-corrected chi connectivity index (χ2v) is 6.62. The minimum Gasteiger partial charge on any atom is -0.372 e. The summed E-state index contributed by atoms with van der Waals surface area (Å²) < 4.78 is 7.87. The minimum absolute atomic E-state index is 0.0397. The molecule has 22 heavy (non-hydrogen) atoms. The Bertz CT molecular complexity index is 500. The van der Waals surface area contributed by atoms with Crippen molar-refractivity contribution in [3.05, 3.63) is 18.2 Å². The van der Waals surface area contributed by atoms with Gasteiger partial charge in [-0.15, -0.1) is 0 Å². The van der Waals surface area contributed by atoms with Crippen molar-refractivity contribution in [3.8, 4) is 0 Å². The number of imidazole rings is 1. The summed E-state index contributed by atoms with van der Waals surface area (Å²) in [4.78, 5) is 18.5. The van der Waals surface area contributed by atoms with Gasteiger partial charge in [-0.05, 0) is 19.3 Å². The zero-order valence-electron chi connectivity index (χ0n) is 14.1. The van der Waals surface area contributed by atoms with E-state index in [9.17, 15) is 4.79 Å². The van der Waals surface area contributed by atoms with Gasteiger partial charge in [0, 0.05) is 25.5 Å². The van der Waals surface area contributed by atoms with E-state index in [-0.39, 0.29) is 11.6 Å². The lowest BCUT2D eigenvalue weighted by Crippen LogP contribution is -2.54. The van der Waals surface area contributed by atoms with E-state index in [4.69, 9.17) is 4.74 Å². The Kier molecular flexibility index (Phi) is 5.45. The molecular weight excluding hydrogens is 280 g/mol. The molecular formula is C16H28N4O2. The molecule has 2 heterocycles. The maximum absolute atomic E-state index is 12.4. The van der Waals surface area contributed by atoms with Gasteiger partial charge in [0.05, 0.1) is 25.3 Å². The fourth-order valence-electron chi connectivity index (χ4n) is 2.65. The maximum atomic E-state index is 12.4. The lowest BCUT2D eigenvalue weighted by molar-refractivity contribution is -0.0873. The average molecular weight is 308 g/mol. The van der Waals surface area contributed by atoms with Crippen LogP contribution in [0.3, 0.4) is 0 Å². The normalized spacial score (nSPS) is 22.1. The summed E-state index contributed by atoms with van der Waals surface area (Å²) in [7, 11) is 0. The Morgan fingerprint density at radius 2 is 2.32 bits per heavy atom. The van der Waals surface area contributed by atoms with Gasteiger partial charge in [-0.2, -0.15) is 0 Å². The van der Waals surface area contributed by atoms with Crippen LogP contribution in [0.1, 0.15) is 39.9 Å². The van der Waals surface area contributed by atoms with E-state index in [2.05, 4.69) is 42.6 Å². The molecule has 1 aliphatic rings. The predicted molar refractivity (Wildman–Crippen MR) is 85.5 cm³/mol. The summed E-state index contributed by atoms with van der Waals surface area (Å²) in [6.07, 6.45) is 4.65. The average Bonchev–Trinajstić information content (AvgIpc) is 2.91. The van der Waals surface area contributed by atoms with Crippen molar-refractivity contribution in [2.45, 2.75) is 52.8 Å². The SMILES string of the molecule is CC[C@]1(C)CN(C(=O)NCc2nccn2CC(C)C)CCO1. The van der Waals surface area contributed by atoms with Crippen LogP contribution in [0.2, 0.25) is 0 Å². The number of nitrogens with zero attached hydrogens (tertiary/aromatic N) is 3. The number of carbonyl (C=O) groups excluding carboxylic acids is 1. The van der Waals surface area contributed by atoms with Gasteiger partial charge in [0.2, 0.25) is 0 Å². The van der Waals surface area contributed by atoms with Gasteiger partial charge in [0.1, 0.15) is 5.82 Å². The molecule has 1 atom stereocenters. The van der Waals surface area contributed by atoms with Crippen molar-refractivity contribution in [1.29, 1.82) is 0 Å². The number of carbonyl (C=O) groups is 1. The Morgan fingerprint density at radius 3 is 3.00 bits per heavy atom. The van der Waals surface area contributed by atoms with Gasteiger partial charge in [-0.3, -0.25) is 0 Å². The highest BCUT2D eigenvalue weighted by Crippen LogP contribution is 2.20. The van der Waals surface area contributed by atoms with Crippen molar-refractivity contribution < 1.29 is 9.53 Å².